The Morgan fingerprint density at radius 3 is 2.36 bits per heavy atom. The van der Waals surface area contributed by atoms with Gasteiger partial charge in [0.1, 0.15) is 18.4 Å². The van der Waals surface area contributed by atoms with Gasteiger partial charge in [-0.15, -0.1) is 0 Å². The van der Waals surface area contributed by atoms with Crippen molar-refractivity contribution in [2.45, 2.75) is 45.6 Å². The van der Waals surface area contributed by atoms with E-state index < -0.39 is 18.7 Å². The van der Waals surface area contributed by atoms with Gasteiger partial charge in [0, 0.05) is 13.1 Å². The molecule has 1 unspecified atom stereocenters. The van der Waals surface area contributed by atoms with Gasteiger partial charge >= 0.3 is 5.97 Å². The molecule has 0 aliphatic carbocycles. The van der Waals surface area contributed by atoms with Crippen LogP contribution in [0.1, 0.15) is 39.5 Å². The van der Waals surface area contributed by atoms with Crippen LogP contribution in [-0.2, 0) is 9.53 Å². The van der Waals surface area contributed by atoms with Crippen LogP contribution in [0.2, 0.25) is 0 Å². The van der Waals surface area contributed by atoms with Crippen molar-refractivity contribution in [2.24, 2.45) is 5.73 Å². The van der Waals surface area contributed by atoms with Crippen LogP contribution in [0.3, 0.4) is 0 Å². The maximum absolute atomic E-state index is 11.5. The van der Waals surface area contributed by atoms with E-state index in [0.29, 0.717) is 0 Å². The number of ether oxygens (including phenoxy) is 1. The summed E-state index contributed by atoms with van der Waals surface area (Å²) in [6.07, 6.45) is 8.56. The van der Waals surface area contributed by atoms with Crippen molar-refractivity contribution >= 4 is 5.97 Å². The number of aliphatic hydroxyl groups excluding tert-OH is 2. The van der Waals surface area contributed by atoms with E-state index in [1.54, 1.807) is 6.08 Å². The van der Waals surface area contributed by atoms with Crippen LogP contribution in [0.4, 0.5) is 0 Å². The second-order valence-corrected chi connectivity index (χ2v) is 5.14. The summed E-state index contributed by atoms with van der Waals surface area (Å²) in [7, 11) is 0. The minimum Gasteiger partial charge on any atom is -0.458 e. The third-order valence-electron chi connectivity index (χ3n) is 3.02. The number of carbonyl (C=O) groups excluding carboxylic acids is 1. The number of allylic oxidation sites excluding steroid dienone is 2. The molecule has 0 heterocycles. The van der Waals surface area contributed by atoms with Gasteiger partial charge in [-0.1, -0.05) is 26.7 Å². The number of rotatable bonds is 12. The molecule has 1 atom stereocenters. The lowest BCUT2D eigenvalue weighted by Gasteiger charge is -2.19. The third-order valence-corrected chi connectivity index (χ3v) is 3.02. The van der Waals surface area contributed by atoms with Gasteiger partial charge in [-0.05, 0) is 31.2 Å². The highest BCUT2D eigenvalue weighted by molar-refractivity contribution is 5.87. The van der Waals surface area contributed by atoms with Crippen molar-refractivity contribution in [3.05, 3.63) is 24.0 Å². The molecule has 0 aliphatic heterocycles. The van der Waals surface area contributed by atoms with Crippen LogP contribution >= 0.6 is 0 Å². The van der Waals surface area contributed by atoms with Crippen LogP contribution in [0.15, 0.2) is 24.0 Å². The Hall–Kier alpha value is -1.53. The molecule has 0 saturated carbocycles. The highest BCUT2D eigenvalue weighted by Gasteiger charge is 2.09. The predicted octanol–water partition coefficient (Wildman–Crippen LogP) is 1.14. The molecular weight excluding hydrogens is 284 g/mol. The SMILES string of the molecule is CCCCN(/C=C/C=C(\N)C(=O)OCC(O)CO)CCCC. The summed E-state index contributed by atoms with van der Waals surface area (Å²) in [4.78, 5) is 13.7. The van der Waals surface area contributed by atoms with Crippen molar-refractivity contribution < 1.29 is 19.7 Å². The largest absolute Gasteiger partial charge is 0.458 e. The van der Waals surface area contributed by atoms with Crippen LogP contribution in [-0.4, -0.2) is 53.5 Å². The summed E-state index contributed by atoms with van der Waals surface area (Å²) in [5, 5.41) is 17.7. The quantitative estimate of drug-likeness (QED) is 0.284. The molecule has 0 saturated heterocycles. The lowest BCUT2D eigenvalue weighted by atomic mass is 10.2. The number of unbranched alkanes of at least 4 members (excludes halogenated alkanes) is 2. The molecule has 0 aromatic carbocycles. The lowest BCUT2D eigenvalue weighted by Crippen LogP contribution is -2.24. The van der Waals surface area contributed by atoms with Crippen LogP contribution in [0.5, 0.6) is 0 Å². The molecule has 128 valence electrons. The van der Waals surface area contributed by atoms with Crippen molar-refractivity contribution in [2.75, 3.05) is 26.3 Å². The second kappa shape index (κ2) is 13.2. The van der Waals surface area contributed by atoms with E-state index in [1.807, 2.05) is 6.20 Å². The Bertz CT molecular complexity index is 348. The van der Waals surface area contributed by atoms with Crippen molar-refractivity contribution in [3.63, 3.8) is 0 Å². The molecule has 0 rings (SSSR count). The number of aliphatic hydroxyl groups is 2. The van der Waals surface area contributed by atoms with Crippen molar-refractivity contribution in [3.8, 4) is 0 Å². The fourth-order valence-corrected chi connectivity index (χ4v) is 1.63. The molecule has 0 aliphatic rings. The minimum absolute atomic E-state index is 0.0349. The summed E-state index contributed by atoms with van der Waals surface area (Å²) in [6.45, 7) is 5.53. The Balaban J connectivity index is 4.37. The van der Waals surface area contributed by atoms with Gasteiger partial charge in [0.15, 0.2) is 0 Å². The first-order valence-corrected chi connectivity index (χ1v) is 7.89. The average Bonchev–Trinajstić information content (AvgIpc) is 2.53. The van der Waals surface area contributed by atoms with E-state index in [9.17, 15) is 4.79 Å². The van der Waals surface area contributed by atoms with Gasteiger partial charge in [0.25, 0.3) is 0 Å². The molecule has 22 heavy (non-hydrogen) atoms. The summed E-state index contributed by atoms with van der Waals surface area (Å²) in [5.74, 6) is -0.703. The summed E-state index contributed by atoms with van der Waals surface area (Å²) in [6, 6.07) is 0. The monoisotopic (exact) mass is 314 g/mol. The first-order valence-electron chi connectivity index (χ1n) is 7.89. The smallest absolute Gasteiger partial charge is 0.354 e. The number of esters is 1. The van der Waals surface area contributed by atoms with Crippen molar-refractivity contribution in [1.29, 1.82) is 0 Å². The normalized spacial score (nSPS) is 13.4. The van der Waals surface area contributed by atoms with E-state index in [4.69, 9.17) is 20.7 Å². The van der Waals surface area contributed by atoms with Gasteiger partial charge in [-0.25, -0.2) is 4.79 Å². The molecule has 0 radical (unpaired) electrons. The first kappa shape index (κ1) is 20.5. The highest BCUT2D eigenvalue weighted by atomic mass is 16.5. The summed E-state index contributed by atoms with van der Waals surface area (Å²) in [5.41, 5.74) is 5.57. The zero-order valence-corrected chi connectivity index (χ0v) is 13.7. The van der Waals surface area contributed by atoms with Crippen LogP contribution < -0.4 is 5.73 Å². The number of hydrogen-bond donors (Lipinski definition) is 3. The van der Waals surface area contributed by atoms with E-state index in [-0.39, 0.29) is 12.3 Å². The van der Waals surface area contributed by atoms with Gasteiger partial charge in [0.2, 0.25) is 0 Å². The molecule has 0 bridgehead atoms. The fourth-order valence-electron chi connectivity index (χ4n) is 1.63. The average molecular weight is 314 g/mol. The van der Waals surface area contributed by atoms with Crippen molar-refractivity contribution in [1.82, 2.24) is 4.90 Å². The molecule has 0 amide bonds. The Morgan fingerprint density at radius 1 is 1.27 bits per heavy atom. The molecular formula is C16H30N2O4. The Labute approximate surface area is 133 Å². The van der Waals surface area contributed by atoms with E-state index in [1.165, 1.54) is 6.08 Å². The molecule has 0 fully saturated rings. The van der Waals surface area contributed by atoms with E-state index in [0.717, 1.165) is 38.8 Å². The van der Waals surface area contributed by atoms with Crippen LogP contribution in [0, 0.1) is 0 Å². The molecule has 6 nitrogen and oxygen atoms in total. The fraction of sp³-hybridized carbons (Fsp3) is 0.688. The molecule has 0 aromatic rings. The van der Waals surface area contributed by atoms with Crippen LogP contribution in [0.25, 0.3) is 0 Å². The topological polar surface area (TPSA) is 96.0 Å². The molecule has 4 N–H and O–H groups in total. The summed E-state index contributed by atoms with van der Waals surface area (Å²) >= 11 is 0. The Kier molecular flexibility index (Phi) is 12.2. The highest BCUT2D eigenvalue weighted by Crippen LogP contribution is 2.01. The number of hydrogen-bond acceptors (Lipinski definition) is 6. The number of carbonyl (C=O) groups is 1. The predicted molar refractivity (Wildman–Crippen MR) is 86.9 cm³/mol. The second-order valence-electron chi connectivity index (χ2n) is 5.14. The zero-order valence-electron chi connectivity index (χ0n) is 13.7. The third kappa shape index (κ3) is 10.2. The standard InChI is InChI=1S/C16H30N2O4/c1-3-5-9-18(10-6-4-2)11-7-8-15(17)16(21)22-13-14(20)12-19/h7-8,11,14,19-20H,3-6,9-10,12-13,17H2,1-2H3/b11-7+,15-8-. The molecule has 0 aromatic heterocycles. The molecule has 6 heteroatoms. The van der Waals surface area contributed by atoms with Gasteiger partial charge < -0.3 is 25.6 Å². The number of nitrogens with two attached hydrogens (primary N) is 1. The maximum Gasteiger partial charge on any atom is 0.354 e. The van der Waals surface area contributed by atoms with E-state index in [2.05, 4.69) is 18.7 Å². The lowest BCUT2D eigenvalue weighted by molar-refractivity contribution is -0.142. The maximum atomic E-state index is 11.5. The first-order chi connectivity index (χ1) is 10.5. The van der Waals surface area contributed by atoms with Gasteiger partial charge in [0.05, 0.1) is 6.61 Å². The van der Waals surface area contributed by atoms with E-state index >= 15 is 0 Å². The van der Waals surface area contributed by atoms with Gasteiger partial charge in [-0.3, -0.25) is 0 Å². The zero-order chi connectivity index (χ0) is 16.8. The van der Waals surface area contributed by atoms with Gasteiger partial charge in [-0.2, -0.15) is 0 Å². The minimum atomic E-state index is -1.08. The Morgan fingerprint density at radius 2 is 1.86 bits per heavy atom. The molecule has 0 spiro atoms. The number of nitrogens with zero attached hydrogens (tertiary/aromatic N) is 1. The summed E-state index contributed by atoms with van der Waals surface area (Å²) < 4.78 is 4.75.